The Hall–Kier alpha value is -1.93. The number of likely N-dealkylation sites (tertiary alicyclic amines) is 1. The molecule has 1 fully saturated rings. The molecule has 0 aromatic heterocycles. The summed E-state index contributed by atoms with van der Waals surface area (Å²) >= 11 is 0. The summed E-state index contributed by atoms with van der Waals surface area (Å²) in [6.07, 6.45) is 2.07. The molecule has 2 rings (SSSR count). The molecular weight excluding hydrogens is 368 g/mol. The Labute approximate surface area is 161 Å². The molecule has 1 amide bonds. The third-order valence-electron chi connectivity index (χ3n) is 4.95. The van der Waals surface area contributed by atoms with Gasteiger partial charge in [-0.2, -0.15) is 0 Å². The zero-order valence-electron chi connectivity index (χ0n) is 16.5. The average Bonchev–Trinajstić information content (AvgIpc) is 2.61. The van der Waals surface area contributed by atoms with E-state index in [0.717, 1.165) is 23.6 Å². The topological polar surface area (TPSA) is 84.0 Å². The monoisotopic (exact) mass is 396 g/mol. The Balaban J connectivity index is 2.07. The van der Waals surface area contributed by atoms with Gasteiger partial charge >= 0.3 is 5.97 Å². The number of piperidine rings is 1. The lowest BCUT2D eigenvalue weighted by atomic mass is 9.97. The molecule has 0 saturated carbocycles. The van der Waals surface area contributed by atoms with Gasteiger partial charge in [-0.15, -0.1) is 0 Å². The maximum absolute atomic E-state index is 12.7. The summed E-state index contributed by atoms with van der Waals surface area (Å²) in [6, 6.07) is 5.74. The lowest BCUT2D eigenvalue weighted by molar-refractivity contribution is -0.146. The molecule has 0 radical (unpaired) electrons. The number of hydrogen-bond acceptors (Lipinski definition) is 5. The number of esters is 1. The number of nitrogens with zero attached hydrogens (tertiary/aromatic N) is 2. The highest BCUT2D eigenvalue weighted by molar-refractivity contribution is 7.89. The molecule has 0 N–H and O–H groups in total. The smallest absolute Gasteiger partial charge is 0.338 e. The molecule has 0 aliphatic carbocycles. The van der Waals surface area contributed by atoms with Gasteiger partial charge in [0.05, 0.1) is 10.5 Å². The van der Waals surface area contributed by atoms with Crippen LogP contribution >= 0.6 is 0 Å². The highest BCUT2D eigenvalue weighted by Gasteiger charge is 2.33. The van der Waals surface area contributed by atoms with E-state index >= 15 is 0 Å². The summed E-state index contributed by atoms with van der Waals surface area (Å²) in [7, 11) is -0.686. The predicted octanol–water partition coefficient (Wildman–Crippen LogP) is 2.27. The number of amides is 1. The fourth-order valence-electron chi connectivity index (χ4n) is 3.32. The van der Waals surface area contributed by atoms with Crippen molar-refractivity contribution in [2.75, 3.05) is 14.1 Å². The summed E-state index contributed by atoms with van der Waals surface area (Å²) < 4.78 is 30.6. The lowest BCUT2D eigenvalue weighted by Gasteiger charge is -2.40. The summed E-state index contributed by atoms with van der Waals surface area (Å²) in [5.41, 5.74) is 0.201. The van der Waals surface area contributed by atoms with Crippen LogP contribution in [0.4, 0.5) is 0 Å². The molecule has 0 spiro atoms. The minimum absolute atomic E-state index is 0.0872. The molecule has 1 aromatic carbocycles. The van der Waals surface area contributed by atoms with E-state index in [1.807, 2.05) is 13.8 Å². The number of hydrogen-bond donors (Lipinski definition) is 0. The number of sulfonamides is 1. The van der Waals surface area contributed by atoms with Crippen LogP contribution in [0.25, 0.3) is 0 Å². The van der Waals surface area contributed by atoms with Gasteiger partial charge < -0.3 is 9.64 Å². The fourth-order valence-corrected chi connectivity index (χ4v) is 4.22. The van der Waals surface area contributed by atoms with E-state index in [1.54, 1.807) is 11.8 Å². The maximum Gasteiger partial charge on any atom is 0.338 e. The molecule has 27 heavy (non-hydrogen) atoms. The molecule has 7 nitrogen and oxygen atoms in total. The Morgan fingerprint density at radius 2 is 1.63 bits per heavy atom. The van der Waals surface area contributed by atoms with Crippen molar-refractivity contribution in [3.05, 3.63) is 29.8 Å². The van der Waals surface area contributed by atoms with Crippen molar-refractivity contribution >= 4 is 21.9 Å². The van der Waals surface area contributed by atoms with Crippen molar-refractivity contribution in [2.45, 2.75) is 63.1 Å². The molecule has 1 heterocycles. The first-order valence-corrected chi connectivity index (χ1v) is 10.6. The lowest BCUT2D eigenvalue weighted by Crippen LogP contribution is -2.51. The van der Waals surface area contributed by atoms with Gasteiger partial charge in [0.2, 0.25) is 10.0 Å². The first-order valence-electron chi connectivity index (χ1n) is 9.11. The van der Waals surface area contributed by atoms with Crippen LogP contribution in [0.15, 0.2) is 29.2 Å². The maximum atomic E-state index is 12.7. The zero-order valence-corrected chi connectivity index (χ0v) is 17.3. The third-order valence-corrected chi connectivity index (χ3v) is 6.78. The van der Waals surface area contributed by atoms with E-state index in [9.17, 15) is 18.0 Å². The van der Waals surface area contributed by atoms with E-state index in [-0.39, 0.29) is 28.4 Å². The molecule has 8 heteroatoms. The van der Waals surface area contributed by atoms with Crippen LogP contribution in [-0.4, -0.2) is 61.8 Å². The van der Waals surface area contributed by atoms with Crippen LogP contribution in [0, 0.1) is 0 Å². The van der Waals surface area contributed by atoms with Crippen molar-refractivity contribution in [1.29, 1.82) is 0 Å². The van der Waals surface area contributed by atoms with Crippen LogP contribution < -0.4 is 0 Å². The molecule has 1 aromatic rings. The Morgan fingerprint density at radius 1 is 1.11 bits per heavy atom. The molecule has 3 atom stereocenters. The molecule has 1 aliphatic rings. The van der Waals surface area contributed by atoms with E-state index in [4.69, 9.17) is 4.74 Å². The molecular formula is C19H28N2O5S. The SMILES string of the molecule is C[C@@H]1CCC[C@@H](C)N1C(=O)[C@@H](C)OC(=O)c1ccc(S(=O)(=O)N(C)C)cc1. The standard InChI is InChI=1S/C19H28N2O5S/c1-13-7-6-8-14(2)21(13)18(22)15(3)26-19(23)16-9-11-17(12-10-16)27(24,25)20(4)5/h9-15H,6-8H2,1-5H3/t13-,14-,15-/m1/s1. The second kappa shape index (κ2) is 8.39. The number of benzene rings is 1. The van der Waals surface area contributed by atoms with Crippen molar-refractivity contribution in [3.8, 4) is 0 Å². The van der Waals surface area contributed by atoms with Gasteiger partial charge in [-0.1, -0.05) is 0 Å². The van der Waals surface area contributed by atoms with E-state index in [0.29, 0.717) is 0 Å². The quantitative estimate of drug-likeness (QED) is 0.713. The highest BCUT2D eigenvalue weighted by Crippen LogP contribution is 2.24. The van der Waals surface area contributed by atoms with Gasteiger partial charge in [0.15, 0.2) is 6.10 Å². The molecule has 0 bridgehead atoms. The minimum atomic E-state index is -3.56. The number of carbonyl (C=O) groups excluding carboxylic acids is 2. The van der Waals surface area contributed by atoms with Gasteiger partial charge in [-0.05, 0) is 64.3 Å². The average molecular weight is 397 g/mol. The van der Waals surface area contributed by atoms with Crippen LogP contribution in [0.2, 0.25) is 0 Å². The molecule has 150 valence electrons. The zero-order chi connectivity index (χ0) is 20.4. The highest BCUT2D eigenvalue weighted by atomic mass is 32.2. The number of ether oxygens (including phenoxy) is 1. The van der Waals surface area contributed by atoms with E-state index in [2.05, 4.69) is 0 Å². The van der Waals surface area contributed by atoms with Crippen LogP contribution in [0.5, 0.6) is 0 Å². The van der Waals surface area contributed by atoms with Gasteiger partial charge in [-0.25, -0.2) is 17.5 Å². The summed E-state index contributed by atoms with van der Waals surface area (Å²) in [6.45, 7) is 5.58. The number of carbonyl (C=O) groups is 2. The second-order valence-electron chi connectivity index (χ2n) is 7.23. The van der Waals surface area contributed by atoms with Gasteiger partial charge in [0.25, 0.3) is 5.91 Å². The molecule has 1 saturated heterocycles. The Kier molecular flexibility index (Phi) is 6.64. The normalized spacial score (nSPS) is 21.8. The van der Waals surface area contributed by atoms with E-state index in [1.165, 1.54) is 38.4 Å². The van der Waals surface area contributed by atoms with Crippen molar-refractivity contribution in [1.82, 2.24) is 9.21 Å². The van der Waals surface area contributed by atoms with Crippen LogP contribution in [-0.2, 0) is 19.6 Å². The largest absolute Gasteiger partial charge is 0.449 e. The van der Waals surface area contributed by atoms with Crippen LogP contribution in [0.1, 0.15) is 50.4 Å². The minimum Gasteiger partial charge on any atom is -0.449 e. The summed E-state index contributed by atoms with van der Waals surface area (Å²) in [4.78, 5) is 26.9. The number of rotatable bonds is 5. The van der Waals surface area contributed by atoms with E-state index < -0.39 is 22.1 Å². The van der Waals surface area contributed by atoms with Crippen molar-refractivity contribution in [2.24, 2.45) is 0 Å². The van der Waals surface area contributed by atoms with Gasteiger partial charge in [0, 0.05) is 26.2 Å². The van der Waals surface area contributed by atoms with Crippen molar-refractivity contribution < 1.29 is 22.7 Å². The fraction of sp³-hybridized carbons (Fsp3) is 0.579. The third kappa shape index (κ3) is 4.68. The first-order chi connectivity index (χ1) is 12.6. The Morgan fingerprint density at radius 3 is 2.11 bits per heavy atom. The molecule has 1 aliphatic heterocycles. The van der Waals surface area contributed by atoms with Crippen LogP contribution in [0.3, 0.4) is 0 Å². The van der Waals surface area contributed by atoms with Crippen molar-refractivity contribution in [3.63, 3.8) is 0 Å². The summed E-state index contributed by atoms with van der Waals surface area (Å²) in [5, 5.41) is 0. The van der Waals surface area contributed by atoms with Gasteiger partial charge in [-0.3, -0.25) is 4.79 Å². The summed E-state index contributed by atoms with van der Waals surface area (Å²) in [5.74, 6) is -0.850. The molecule has 0 unspecified atom stereocenters. The second-order valence-corrected chi connectivity index (χ2v) is 9.39. The Bertz CT molecular complexity index is 779. The first kappa shape index (κ1) is 21.4. The van der Waals surface area contributed by atoms with Gasteiger partial charge in [0.1, 0.15) is 0 Å². The predicted molar refractivity (Wildman–Crippen MR) is 102 cm³/mol.